The van der Waals surface area contributed by atoms with Gasteiger partial charge in [0.25, 0.3) is 0 Å². The van der Waals surface area contributed by atoms with Crippen molar-refractivity contribution in [3.8, 4) is 0 Å². The number of benzene rings is 1. The van der Waals surface area contributed by atoms with Crippen LogP contribution in [0.4, 0.5) is 4.79 Å². The van der Waals surface area contributed by atoms with Crippen LogP contribution in [0.15, 0.2) is 30.3 Å². The summed E-state index contributed by atoms with van der Waals surface area (Å²) in [6, 6.07) is 8.10. The van der Waals surface area contributed by atoms with Crippen LogP contribution in [0.2, 0.25) is 0 Å². The lowest BCUT2D eigenvalue weighted by atomic mass is 10.1. The average Bonchev–Trinajstić information content (AvgIpc) is 3.31. The molecule has 1 fully saturated rings. The number of Topliss-reactive ketones (excluding diaryl/α,β-unsaturated/α-hetero) is 1. The van der Waals surface area contributed by atoms with E-state index < -0.39 is 17.7 Å². The van der Waals surface area contributed by atoms with Crippen LogP contribution >= 0.6 is 0 Å². The van der Waals surface area contributed by atoms with Crippen molar-refractivity contribution in [3.05, 3.63) is 35.9 Å². The van der Waals surface area contributed by atoms with Crippen molar-refractivity contribution < 1.29 is 19.1 Å². The molecule has 0 saturated carbocycles. The number of rotatable bonds is 7. The van der Waals surface area contributed by atoms with Gasteiger partial charge in [-0.3, -0.25) is 14.5 Å². The molecule has 1 N–H and O–H groups in total. The molecule has 6 nitrogen and oxygen atoms in total. The van der Waals surface area contributed by atoms with Crippen molar-refractivity contribution in [2.45, 2.75) is 64.6 Å². The summed E-state index contributed by atoms with van der Waals surface area (Å²) in [6.07, 6.45) is 2.18. The summed E-state index contributed by atoms with van der Waals surface area (Å²) in [5, 5.41) is 2.66. The van der Waals surface area contributed by atoms with Crippen molar-refractivity contribution in [2.75, 3.05) is 6.54 Å². The molecule has 1 heterocycles. The van der Waals surface area contributed by atoms with Gasteiger partial charge >= 0.3 is 6.09 Å². The van der Waals surface area contributed by atoms with E-state index in [0.29, 0.717) is 5.56 Å². The van der Waals surface area contributed by atoms with Gasteiger partial charge in [-0.15, -0.1) is 0 Å². The summed E-state index contributed by atoms with van der Waals surface area (Å²) in [5.41, 5.74) is -0.0608. The SMILES string of the molecule is CCCC[C@H]1[C@H](C(=O)NCC(=O)c2ccccc2)N1C(=O)OC(C)(C)C. The standard InChI is InChI=1S/C20H28N2O4/c1-5-6-12-15-17(22(15)19(25)26-20(2,3)4)18(24)21-13-16(23)14-10-8-7-9-11-14/h7-11,15,17H,5-6,12-13H2,1-4H3,(H,21,24)/t15-,17+,22?/m0/s1. The number of nitrogens with one attached hydrogen (secondary N) is 1. The van der Waals surface area contributed by atoms with E-state index in [1.54, 1.807) is 45.0 Å². The lowest BCUT2D eigenvalue weighted by Gasteiger charge is -2.20. The van der Waals surface area contributed by atoms with Crippen LogP contribution in [0.5, 0.6) is 0 Å². The predicted molar refractivity (Wildman–Crippen MR) is 99.0 cm³/mol. The van der Waals surface area contributed by atoms with E-state index in [9.17, 15) is 14.4 Å². The number of ketones is 1. The van der Waals surface area contributed by atoms with E-state index in [1.165, 1.54) is 4.90 Å². The summed E-state index contributed by atoms with van der Waals surface area (Å²) in [4.78, 5) is 38.4. The maximum absolute atomic E-state index is 12.5. The second-order valence-corrected chi connectivity index (χ2v) is 7.55. The molecule has 0 spiro atoms. The highest BCUT2D eigenvalue weighted by Gasteiger charge is 2.56. The van der Waals surface area contributed by atoms with Gasteiger partial charge in [0.2, 0.25) is 5.91 Å². The van der Waals surface area contributed by atoms with Crippen molar-refractivity contribution in [1.82, 2.24) is 10.2 Å². The normalized spacial score (nSPS) is 19.0. The third-order valence-corrected chi connectivity index (χ3v) is 4.18. The highest BCUT2D eigenvalue weighted by molar-refractivity contribution is 6.00. The minimum Gasteiger partial charge on any atom is -0.444 e. The number of unbranched alkanes of at least 4 members (excludes halogenated alkanes) is 1. The highest BCUT2D eigenvalue weighted by atomic mass is 16.6. The van der Waals surface area contributed by atoms with Crippen LogP contribution in [0, 0.1) is 0 Å². The van der Waals surface area contributed by atoms with Gasteiger partial charge in [-0.2, -0.15) is 0 Å². The lowest BCUT2D eigenvalue weighted by molar-refractivity contribution is -0.121. The summed E-state index contributed by atoms with van der Waals surface area (Å²) in [5.74, 6) is -0.463. The zero-order chi connectivity index (χ0) is 19.3. The largest absolute Gasteiger partial charge is 0.444 e. The van der Waals surface area contributed by atoms with Crippen LogP contribution in [0.3, 0.4) is 0 Å². The summed E-state index contributed by atoms with van der Waals surface area (Å²) in [7, 11) is 0. The van der Waals surface area contributed by atoms with Crippen LogP contribution in [-0.4, -0.2) is 46.9 Å². The predicted octanol–water partition coefficient (Wildman–Crippen LogP) is 3.16. The van der Waals surface area contributed by atoms with E-state index in [1.807, 2.05) is 6.07 Å². The molecular formula is C20H28N2O4. The minimum atomic E-state index is -0.612. The second-order valence-electron chi connectivity index (χ2n) is 7.55. The van der Waals surface area contributed by atoms with Gasteiger partial charge in [-0.05, 0) is 27.2 Å². The molecule has 1 aromatic rings. The third kappa shape index (κ3) is 5.31. The number of hydrogen-bond acceptors (Lipinski definition) is 4. The van der Waals surface area contributed by atoms with E-state index in [2.05, 4.69) is 12.2 Å². The van der Waals surface area contributed by atoms with Gasteiger partial charge in [0.1, 0.15) is 11.6 Å². The van der Waals surface area contributed by atoms with E-state index in [-0.39, 0.29) is 24.3 Å². The van der Waals surface area contributed by atoms with E-state index >= 15 is 0 Å². The summed E-state index contributed by atoms with van der Waals surface area (Å²) < 4.78 is 5.39. The van der Waals surface area contributed by atoms with Crippen LogP contribution in [0.25, 0.3) is 0 Å². The zero-order valence-corrected chi connectivity index (χ0v) is 16.0. The van der Waals surface area contributed by atoms with E-state index in [0.717, 1.165) is 19.3 Å². The van der Waals surface area contributed by atoms with Gasteiger partial charge in [0.15, 0.2) is 5.78 Å². The Morgan fingerprint density at radius 2 is 1.81 bits per heavy atom. The molecule has 26 heavy (non-hydrogen) atoms. The number of carbonyl (C=O) groups is 3. The molecule has 1 aromatic carbocycles. The molecule has 0 radical (unpaired) electrons. The topological polar surface area (TPSA) is 75.5 Å². The summed E-state index contributed by atoms with van der Waals surface area (Å²) in [6.45, 7) is 7.37. The van der Waals surface area contributed by atoms with Gasteiger partial charge < -0.3 is 10.1 Å². The van der Waals surface area contributed by atoms with Crippen LogP contribution in [0.1, 0.15) is 57.3 Å². The zero-order valence-electron chi connectivity index (χ0n) is 16.0. The fourth-order valence-electron chi connectivity index (χ4n) is 2.85. The van der Waals surface area contributed by atoms with Gasteiger partial charge in [0, 0.05) is 5.56 Å². The molecule has 142 valence electrons. The Labute approximate surface area is 154 Å². The third-order valence-electron chi connectivity index (χ3n) is 4.18. The molecule has 1 saturated heterocycles. The molecule has 2 atom stereocenters. The molecular weight excluding hydrogens is 332 g/mol. The average molecular weight is 360 g/mol. The van der Waals surface area contributed by atoms with Crippen LogP contribution in [-0.2, 0) is 9.53 Å². The Bertz CT molecular complexity index is 652. The van der Waals surface area contributed by atoms with Gasteiger partial charge in [-0.1, -0.05) is 50.1 Å². The fourth-order valence-corrected chi connectivity index (χ4v) is 2.85. The molecule has 1 aliphatic heterocycles. The minimum absolute atomic E-state index is 0.0813. The van der Waals surface area contributed by atoms with Crippen molar-refractivity contribution in [3.63, 3.8) is 0 Å². The van der Waals surface area contributed by atoms with Crippen LogP contribution < -0.4 is 5.32 Å². The Morgan fingerprint density at radius 1 is 1.15 bits per heavy atom. The maximum Gasteiger partial charge on any atom is 0.411 e. The maximum atomic E-state index is 12.5. The Morgan fingerprint density at radius 3 is 2.38 bits per heavy atom. The van der Waals surface area contributed by atoms with Crippen molar-refractivity contribution in [2.24, 2.45) is 0 Å². The number of ether oxygens (including phenoxy) is 1. The Kier molecular flexibility index (Phi) is 6.40. The number of carbonyl (C=O) groups excluding carboxylic acids is 3. The van der Waals surface area contributed by atoms with Gasteiger partial charge in [-0.25, -0.2) is 4.79 Å². The first-order chi connectivity index (χ1) is 12.2. The molecule has 2 rings (SSSR count). The smallest absolute Gasteiger partial charge is 0.411 e. The Balaban J connectivity index is 1.94. The second kappa shape index (κ2) is 8.34. The van der Waals surface area contributed by atoms with E-state index in [4.69, 9.17) is 4.74 Å². The first kappa shape index (κ1) is 19.9. The molecule has 0 unspecified atom stereocenters. The number of nitrogens with zero attached hydrogens (tertiary/aromatic N) is 1. The molecule has 1 aliphatic rings. The molecule has 0 aromatic heterocycles. The van der Waals surface area contributed by atoms with Crippen molar-refractivity contribution >= 4 is 17.8 Å². The first-order valence-electron chi connectivity index (χ1n) is 9.12. The molecule has 6 heteroatoms. The Hall–Kier alpha value is -2.37. The number of hydrogen-bond donors (Lipinski definition) is 1. The van der Waals surface area contributed by atoms with Crippen molar-refractivity contribution in [1.29, 1.82) is 0 Å². The lowest BCUT2D eigenvalue weighted by Crippen LogP contribution is -2.36. The highest BCUT2D eigenvalue weighted by Crippen LogP contribution is 2.34. The fraction of sp³-hybridized carbons (Fsp3) is 0.550. The first-order valence-corrected chi connectivity index (χ1v) is 9.12. The quantitative estimate of drug-likeness (QED) is 0.599. The monoisotopic (exact) mass is 360 g/mol. The summed E-state index contributed by atoms with van der Waals surface area (Å²) >= 11 is 0. The molecule has 0 aliphatic carbocycles. The molecule has 2 amide bonds. The molecule has 0 bridgehead atoms. The number of amides is 2. The van der Waals surface area contributed by atoms with Gasteiger partial charge in [0.05, 0.1) is 12.6 Å².